The SMILES string of the molecule is Cc1cccc(C[C@H](NC(=O)[C@H]2CCCN2C)C(=O)NCc2cnc(N)s2)c1. The van der Waals surface area contributed by atoms with Crippen LogP contribution in [0, 0.1) is 6.92 Å². The van der Waals surface area contributed by atoms with Gasteiger partial charge in [-0.05, 0) is 38.9 Å². The number of carbonyl (C=O) groups excluding carboxylic acids is 2. The Labute approximate surface area is 169 Å². The zero-order valence-electron chi connectivity index (χ0n) is 16.3. The quantitative estimate of drug-likeness (QED) is 0.652. The van der Waals surface area contributed by atoms with Crippen LogP contribution in [0.2, 0.25) is 0 Å². The number of anilines is 1. The van der Waals surface area contributed by atoms with Crippen molar-refractivity contribution in [3.63, 3.8) is 0 Å². The second-order valence-corrected chi connectivity index (χ2v) is 8.42. The largest absolute Gasteiger partial charge is 0.375 e. The summed E-state index contributed by atoms with van der Waals surface area (Å²) in [5, 5.41) is 6.34. The lowest BCUT2D eigenvalue weighted by molar-refractivity contribution is -0.131. The molecule has 0 radical (unpaired) electrons. The molecule has 8 heteroatoms. The van der Waals surface area contributed by atoms with Crippen molar-refractivity contribution in [1.82, 2.24) is 20.5 Å². The van der Waals surface area contributed by atoms with Crippen molar-refractivity contribution in [3.8, 4) is 0 Å². The highest BCUT2D eigenvalue weighted by Gasteiger charge is 2.31. The number of rotatable bonds is 7. The van der Waals surface area contributed by atoms with Crippen molar-refractivity contribution in [2.75, 3.05) is 19.3 Å². The first-order valence-electron chi connectivity index (χ1n) is 9.46. The summed E-state index contributed by atoms with van der Waals surface area (Å²) in [6, 6.07) is 7.19. The molecule has 0 saturated carbocycles. The highest BCUT2D eigenvalue weighted by Crippen LogP contribution is 2.16. The number of benzene rings is 1. The van der Waals surface area contributed by atoms with Gasteiger partial charge in [0.2, 0.25) is 11.8 Å². The van der Waals surface area contributed by atoms with Crippen LogP contribution >= 0.6 is 11.3 Å². The predicted molar refractivity (Wildman–Crippen MR) is 111 cm³/mol. The number of likely N-dealkylation sites (tertiary alicyclic amines) is 1. The smallest absolute Gasteiger partial charge is 0.243 e. The molecule has 2 aromatic rings. The molecule has 4 N–H and O–H groups in total. The second kappa shape index (κ2) is 9.16. The molecule has 1 aromatic heterocycles. The lowest BCUT2D eigenvalue weighted by Crippen LogP contribution is -2.52. The zero-order chi connectivity index (χ0) is 20.1. The molecule has 28 heavy (non-hydrogen) atoms. The number of hydrogen-bond acceptors (Lipinski definition) is 6. The van der Waals surface area contributed by atoms with Crippen LogP contribution in [0.5, 0.6) is 0 Å². The van der Waals surface area contributed by atoms with E-state index in [0.29, 0.717) is 18.1 Å². The predicted octanol–water partition coefficient (Wildman–Crippen LogP) is 1.47. The van der Waals surface area contributed by atoms with Crippen LogP contribution < -0.4 is 16.4 Å². The summed E-state index contributed by atoms with van der Waals surface area (Å²) in [4.78, 5) is 32.5. The minimum absolute atomic E-state index is 0.0881. The number of aryl methyl sites for hydroxylation is 1. The molecular formula is C20H27N5O2S. The van der Waals surface area contributed by atoms with Gasteiger partial charge in [0.25, 0.3) is 0 Å². The van der Waals surface area contributed by atoms with Crippen molar-refractivity contribution in [1.29, 1.82) is 0 Å². The summed E-state index contributed by atoms with van der Waals surface area (Å²) >= 11 is 1.34. The van der Waals surface area contributed by atoms with Gasteiger partial charge >= 0.3 is 0 Å². The molecule has 1 fully saturated rings. The Morgan fingerprint density at radius 3 is 2.89 bits per heavy atom. The number of thiazole rings is 1. The van der Waals surface area contributed by atoms with Crippen LogP contribution in [-0.2, 0) is 22.6 Å². The van der Waals surface area contributed by atoms with E-state index in [1.165, 1.54) is 11.3 Å². The molecular weight excluding hydrogens is 374 g/mol. The van der Waals surface area contributed by atoms with Crippen LogP contribution in [0.4, 0.5) is 5.13 Å². The summed E-state index contributed by atoms with van der Waals surface area (Å²) < 4.78 is 0. The average molecular weight is 402 g/mol. The van der Waals surface area contributed by atoms with Gasteiger partial charge < -0.3 is 16.4 Å². The molecule has 2 atom stereocenters. The minimum atomic E-state index is -0.631. The highest BCUT2D eigenvalue weighted by molar-refractivity contribution is 7.15. The Bertz CT molecular complexity index is 838. The fourth-order valence-electron chi connectivity index (χ4n) is 3.50. The van der Waals surface area contributed by atoms with Crippen LogP contribution in [0.25, 0.3) is 0 Å². The van der Waals surface area contributed by atoms with E-state index >= 15 is 0 Å². The number of amides is 2. The molecule has 2 heterocycles. The first-order chi connectivity index (χ1) is 13.4. The minimum Gasteiger partial charge on any atom is -0.375 e. The average Bonchev–Trinajstić information content (AvgIpc) is 3.27. The lowest BCUT2D eigenvalue weighted by Gasteiger charge is -2.23. The molecule has 150 valence electrons. The van der Waals surface area contributed by atoms with Crippen LogP contribution in [0.1, 0.15) is 28.8 Å². The van der Waals surface area contributed by atoms with Gasteiger partial charge in [0.1, 0.15) is 6.04 Å². The normalized spacial score (nSPS) is 18.0. The number of nitrogens with two attached hydrogens (primary N) is 1. The molecule has 3 rings (SSSR count). The third-order valence-corrected chi connectivity index (χ3v) is 5.81. The number of nitrogen functional groups attached to an aromatic ring is 1. The third kappa shape index (κ3) is 5.30. The molecule has 2 amide bonds. The third-order valence-electron chi connectivity index (χ3n) is 4.99. The molecule has 1 aliphatic heterocycles. The van der Waals surface area contributed by atoms with E-state index in [2.05, 4.69) is 15.6 Å². The Balaban J connectivity index is 1.69. The molecule has 0 spiro atoms. The molecule has 0 unspecified atom stereocenters. The maximum Gasteiger partial charge on any atom is 0.243 e. The first kappa shape index (κ1) is 20.3. The van der Waals surface area contributed by atoms with Crippen LogP contribution in [-0.4, -0.2) is 47.4 Å². The summed E-state index contributed by atoms with van der Waals surface area (Å²) in [6.07, 6.45) is 3.92. The zero-order valence-corrected chi connectivity index (χ0v) is 17.1. The first-order valence-corrected chi connectivity index (χ1v) is 10.3. The Morgan fingerprint density at radius 1 is 1.43 bits per heavy atom. The molecule has 1 aromatic carbocycles. The van der Waals surface area contributed by atoms with Crippen molar-refractivity contribution in [2.24, 2.45) is 0 Å². The fraction of sp³-hybridized carbons (Fsp3) is 0.450. The lowest BCUT2D eigenvalue weighted by atomic mass is 10.0. The van der Waals surface area contributed by atoms with Crippen molar-refractivity contribution >= 4 is 28.3 Å². The van der Waals surface area contributed by atoms with Gasteiger partial charge in [0, 0.05) is 17.5 Å². The van der Waals surface area contributed by atoms with Gasteiger partial charge in [-0.25, -0.2) is 4.98 Å². The van der Waals surface area contributed by atoms with Gasteiger partial charge in [0.15, 0.2) is 5.13 Å². The fourth-order valence-corrected chi connectivity index (χ4v) is 4.12. The van der Waals surface area contributed by atoms with E-state index in [4.69, 9.17) is 5.73 Å². The number of carbonyl (C=O) groups is 2. The number of hydrogen-bond donors (Lipinski definition) is 3. The van der Waals surface area contributed by atoms with E-state index in [-0.39, 0.29) is 17.9 Å². The Morgan fingerprint density at radius 2 is 2.25 bits per heavy atom. The van der Waals surface area contributed by atoms with Gasteiger partial charge in [-0.3, -0.25) is 14.5 Å². The molecule has 0 bridgehead atoms. The van der Waals surface area contributed by atoms with Crippen molar-refractivity contribution in [3.05, 3.63) is 46.5 Å². The van der Waals surface area contributed by atoms with Gasteiger partial charge in [0.05, 0.1) is 12.6 Å². The van der Waals surface area contributed by atoms with E-state index in [9.17, 15) is 9.59 Å². The van der Waals surface area contributed by atoms with Gasteiger partial charge in [-0.1, -0.05) is 29.8 Å². The Hall–Kier alpha value is -2.45. The van der Waals surface area contributed by atoms with E-state index < -0.39 is 6.04 Å². The summed E-state index contributed by atoms with van der Waals surface area (Å²) in [7, 11) is 1.95. The molecule has 1 saturated heterocycles. The van der Waals surface area contributed by atoms with E-state index in [1.54, 1.807) is 6.20 Å². The molecule has 7 nitrogen and oxygen atoms in total. The second-order valence-electron chi connectivity index (χ2n) is 7.28. The summed E-state index contributed by atoms with van der Waals surface area (Å²) in [5.74, 6) is -0.294. The Kier molecular flexibility index (Phi) is 6.64. The molecule has 1 aliphatic rings. The van der Waals surface area contributed by atoms with Gasteiger partial charge in [-0.15, -0.1) is 11.3 Å². The van der Waals surface area contributed by atoms with Crippen LogP contribution in [0.15, 0.2) is 30.5 Å². The van der Waals surface area contributed by atoms with Crippen molar-refractivity contribution in [2.45, 2.75) is 44.8 Å². The standard InChI is InChI=1S/C20H27N5O2S/c1-13-5-3-6-14(9-13)10-16(24-19(27)17-7-4-8-25(17)2)18(26)22-11-15-12-23-20(21)28-15/h3,5-6,9,12,16-17H,4,7-8,10-11H2,1-2H3,(H2,21,23)(H,22,26)(H,24,27)/t16-,17+/m0/s1. The number of aromatic nitrogens is 1. The summed E-state index contributed by atoms with van der Waals surface area (Å²) in [5.41, 5.74) is 7.78. The van der Waals surface area contributed by atoms with E-state index in [0.717, 1.165) is 35.4 Å². The number of nitrogens with zero attached hydrogens (tertiary/aromatic N) is 2. The monoisotopic (exact) mass is 401 g/mol. The molecule has 0 aliphatic carbocycles. The highest BCUT2D eigenvalue weighted by atomic mass is 32.1. The number of likely N-dealkylation sites (N-methyl/N-ethyl adjacent to an activating group) is 1. The summed E-state index contributed by atoms with van der Waals surface area (Å²) in [6.45, 7) is 3.26. The van der Waals surface area contributed by atoms with Gasteiger partial charge in [-0.2, -0.15) is 0 Å². The van der Waals surface area contributed by atoms with Crippen LogP contribution in [0.3, 0.4) is 0 Å². The van der Waals surface area contributed by atoms with Crippen molar-refractivity contribution < 1.29 is 9.59 Å². The maximum atomic E-state index is 12.9. The van der Waals surface area contributed by atoms with E-state index in [1.807, 2.05) is 43.1 Å². The maximum absolute atomic E-state index is 12.9. The number of nitrogens with one attached hydrogen (secondary N) is 2. The topological polar surface area (TPSA) is 100 Å².